The van der Waals surface area contributed by atoms with E-state index in [-0.39, 0.29) is 31.6 Å². The van der Waals surface area contributed by atoms with Gasteiger partial charge in [-0.15, -0.1) is 0 Å². The number of nitrogens with zero attached hydrogens (tertiary/aromatic N) is 1. The number of halogens is 1. The first-order valence-corrected chi connectivity index (χ1v) is 6.97. The standard InChI is InChI=1S/C16H18FNO4/c1-4-21-14(19)9-10-16(18-3,15(20)22-5-2)12-7-6-8-13(17)11-12/h6-8,11H,4-5,9-10H2,1-2H3. The number of benzene rings is 1. The van der Waals surface area contributed by atoms with Gasteiger partial charge in [0.2, 0.25) is 0 Å². The van der Waals surface area contributed by atoms with Gasteiger partial charge in [-0.05, 0) is 26.0 Å². The summed E-state index contributed by atoms with van der Waals surface area (Å²) in [5.74, 6) is -1.87. The Kier molecular flexibility index (Phi) is 6.51. The lowest BCUT2D eigenvalue weighted by Gasteiger charge is -2.20. The minimum absolute atomic E-state index is 0.0881. The molecule has 1 unspecified atom stereocenters. The number of hydrogen-bond acceptors (Lipinski definition) is 4. The van der Waals surface area contributed by atoms with Gasteiger partial charge in [-0.3, -0.25) is 9.64 Å². The summed E-state index contributed by atoms with van der Waals surface area (Å²) in [5, 5.41) is 0. The molecule has 0 aliphatic rings. The third-order valence-corrected chi connectivity index (χ3v) is 3.10. The van der Waals surface area contributed by atoms with Crippen LogP contribution in [-0.4, -0.2) is 25.2 Å². The summed E-state index contributed by atoms with van der Waals surface area (Å²) in [4.78, 5) is 27.2. The molecular formula is C16H18FNO4. The fourth-order valence-electron chi connectivity index (χ4n) is 2.04. The van der Waals surface area contributed by atoms with E-state index in [4.69, 9.17) is 16.0 Å². The maximum Gasteiger partial charge on any atom is 0.398 e. The van der Waals surface area contributed by atoms with Crippen LogP contribution in [0.3, 0.4) is 0 Å². The molecule has 0 radical (unpaired) electrons. The molecule has 0 spiro atoms. The van der Waals surface area contributed by atoms with Crippen molar-refractivity contribution in [1.29, 1.82) is 0 Å². The van der Waals surface area contributed by atoms with Crippen LogP contribution < -0.4 is 0 Å². The summed E-state index contributed by atoms with van der Waals surface area (Å²) in [6.07, 6.45) is -0.261. The van der Waals surface area contributed by atoms with E-state index in [1.165, 1.54) is 18.2 Å². The average Bonchev–Trinajstić information content (AvgIpc) is 2.49. The highest BCUT2D eigenvalue weighted by atomic mass is 19.1. The van der Waals surface area contributed by atoms with Crippen LogP contribution in [-0.2, 0) is 24.6 Å². The summed E-state index contributed by atoms with van der Waals surface area (Å²) in [7, 11) is 0. The second-order valence-electron chi connectivity index (χ2n) is 4.51. The molecule has 0 N–H and O–H groups in total. The van der Waals surface area contributed by atoms with Gasteiger partial charge in [-0.1, -0.05) is 12.1 Å². The van der Waals surface area contributed by atoms with Crippen LogP contribution in [0.15, 0.2) is 24.3 Å². The molecular weight excluding hydrogens is 289 g/mol. The molecule has 0 heterocycles. The van der Waals surface area contributed by atoms with Gasteiger partial charge >= 0.3 is 17.5 Å². The van der Waals surface area contributed by atoms with Crippen molar-refractivity contribution < 1.29 is 23.5 Å². The van der Waals surface area contributed by atoms with Gasteiger partial charge in [0.05, 0.1) is 31.6 Å². The summed E-state index contributed by atoms with van der Waals surface area (Å²) in [6, 6.07) is 5.21. The largest absolute Gasteiger partial charge is 0.466 e. The van der Waals surface area contributed by atoms with Gasteiger partial charge in [0, 0.05) is 0 Å². The fraction of sp³-hybridized carbons (Fsp3) is 0.438. The molecule has 0 aliphatic carbocycles. The van der Waals surface area contributed by atoms with Crippen LogP contribution in [0.2, 0.25) is 0 Å². The number of rotatable bonds is 7. The zero-order chi connectivity index (χ0) is 16.6. The number of carbonyl (C=O) groups excluding carboxylic acids is 2. The Bertz CT molecular complexity index is 582. The third-order valence-electron chi connectivity index (χ3n) is 3.10. The molecule has 0 saturated carbocycles. The zero-order valence-corrected chi connectivity index (χ0v) is 12.6. The third kappa shape index (κ3) is 4.04. The highest BCUT2D eigenvalue weighted by molar-refractivity contribution is 5.85. The van der Waals surface area contributed by atoms with Gasteiger partial charge < -0.3 is 9.47 Å². The molecule has 118 valence electrons. The first kappa shape index (κ1) is 17.6. The van der Waals surface area contributed by atoms with Crippen LogP contribution >= 0.6 is 0 Å². The van der Waals surface area contributed by atoms with Gasteiger partial charge in [0.25, 0.3) is 0 Å². The predicted molar refractivity (Wildman–Crippen MR) is 77.2 cm³/mol. The number of carbonyl (C=O) groups is 2. The second-order valence-corrected chi connectivity index (χ2v) is 4.51. The zero-order valence-electron chi connectivity index (χ0n) is 12.6. The van der Waals surface area contributed by atoms with Crippen LogP contribution in [0, 0.1) is 12.4 Å². The molecule has 1 aromatic rings. The van der Waals surface area contributed by atoms with Crippen molar-refractivity contribution in [3.05, 3.63) is 47.1 Å². The number of ether oxygens (including phenoxy) is 2. The van der Waals surface area contributed by atoms with Crippen molar-refractivity contribution in [3.63, 3.8) is 0 Å². The molecule has 1 aromatic carbocycles. The summed E-state index contributed by atoms with van der Waals surface area (Å²) in [6.45, 7) is 11.0. The van der Waals surface area contributed by atoms with Crippen molar-refractivity contribution >= 4 is 11.9 Å². The Morgan fingerprint density at radius 2 is 1.95 bits per heavy atom. The first-order chi connectivity index (χ1) is 10.5. The van der Waals surface area contributed by atoms with Crippen molar-refractivity contribution in [3.8, 4) is 0 Å². The van der Waals surface area contributed by atoms with Crippen molar-refractivity contribution in [2.24, 2.45) is 0 Å². The minimum Gasteiger partial charge on any atom is -0.466 e. The van der Waals surface area contributed by atoms with Crippen molar-refractivity contribution in [2.45, 2.75) is 32.2 Å². The molecule has 0 bridgehead atoms. The van der Waals surface area contributed by atoms with E-state index in [9.17, 15) is 14.0 Å². The Balaban J connectivity index is 3.16. The molecule has 0 aromatic heterocycles. The average molecular weight is 307 g/mol. The lowest BCUT2D eigenvalue weighted by Crippen LogP contribution is -2.35. The van der Waals surface area contributed by atoms with Crippen molar-refractivity contribution in [1.82, 2.24) is 0 Å². The van der Waals surface area contributed by atoms with Crippen LogP contribution in [0.25, 0.3) is 4.85 Å². The van der Waals surface area contributed by atoms with Crippen LogP contribution in [0.4, 0.5) is 4.39 Å². The monoisotopic (exact) mass is 307 g/mol. The van der Waals surface area contributed by atoms with Crippen LogP contribution in [0.5, 0.6) is 0 Å². The quantitative estimate of drug-likeness (QED) is 0.574. The number of hydrogen-bond donors (Lipinski definition) is 0. The topological polar surface area (TPSA) is 57.0 Å². The van der Waals surface area contributed by atoms with Crippen LogP contribution in [0.1, 0.15) is 32.3 Å². The van der Waals surface area contributed by atoms with E-state index in [1.807, 2.05) is 0 Å². The maximum atomic E-state index is 13.5. The van der Waals surface area contributed by atoms with Gasteiger partial charge in [-0.25, -0.2) is 15.8 Å². The molecule has 1 atom stereocenters. The van der Waals surface area contributed by atoms with Gasteiger partial charge in [0.1, 0.15) is 5.82 Å². The Morgan fingerprint density at radius 1 is 1.27 bits per heavy atom. The van der Waals surface area contributed by atoms with Crippen molar-refractivity contribution in [2.75, 3.05) is 13.2 Å². The molecule has 0 saturated heterocycles. The second kappa shape index (κ2) is 8.13. The minimum atomic E-state index is -1.75. The molecule has 6 heteroatoms. The molecule has 0 fully saturated rings. The van der Waals surface area contributed by atoms with E-state index in [0.717, 1.165) is 6.07 Å². The molecule has 0 aliphatic heterocycles. The molecule has 5 nitrogen and oxygen atoms in total. The van der Waals surface area contributed by atoms with E-state index in [2.05, 4.69) is 4.85 Å². The fourth-order valence-corrected chi connectivity index (χ4v) is 2.04. The first-order valence-electron chi connectivity index (χ1n) is 6.97. The maximum absolute atomic E-state index is 13.5. The highest BCUT2D eigenvalue weighted by Gasteiger charge is 2.49. The normalized spacial score (nSPS) is 12.8. The Labute approximate surface area is 128 Å². The summed E-state index contributed by atoms with van der Waals surface area (Å²) < 4.78 is 23.2. The lowest BCUT2D eigenvalue weighted by atomic mass is 9.86. The molecule has 0 amide bonds. The Hall–Kier alpha value is -2.42. The SMILES string of the molecule is [C-]#[N+]C(CCC(=O)OCC)(C(=O)OCC)c1cccc(F)c1. The molecule has 1 rings (SSSR count). The van der Waals surface area contributed by atoms with E-state index < -0.39 is 23.3 Å². The Morgan fingerprint density at radius 3 is 2.50 bits per heavy atom. The van der Waals surface area contributed by atoms with E-state index in [0.29, 0.717) is 0 Å². The van der Waals surface area contributed by atoms with Gasteiger partial charge in [-0.2, -0.15) is 0 Å². The highest BCUT2D eigenvalue weighted by Crippen LogP contribution is 2.33. The predicted octanol–water partition coefficient (Wildman–Crippen LogP) is 2.85. The summed E-state index contributed by atoms with van der Waals surface area (Å²) in [5.41, 5.74) is -1.57. The van der Waals surface area contributed by atoms with E-state index >= 15 is 0 Å². The summed E-state index contributed by atoms with van der Waals surface area (Å²) >= 11 is 0. The van der Waals surface area contributed by atoms with E-state index in [1.54, 1.807) is 13.8 Å². The number of esters is 2. The molecule has 22 heavy (non-hydrogen) atoms. The lowest BCUT2D eigenvalue weighted by molar-refractivity contribution is -0.149. The smallest absolute Gasteiger partial charge is 0.398 e. The van der Waals surface area contributed by atoms with Gasteiger partial charge in [0.15, 0.2) is 0 Å².